The van der Waals surface area contributed by atoms with Crippen molar-refractivity contribution in [3.05, 3.63) is 82.9 Å². The number of hydrogen-bond acceptors (Lipinski definition) is 5. The van der Waals surface area contributed by atoms with Crippen molar-refractivity contribution in [2.24, 2.45) is 20.0 Å². The fourth-order valence-corrected chi connectivity index (χ4v) is 7.83. The van der Waals surface area contributed by atoms with Gasteiger partial charge in [-0.05, 0) is 68.7 Å². The Morgan fingerprint density at radius 2 is 1.89 bits per heavy atom. The number of furan rings is 1. The molecule has 44 heavy (non-hydrogen) atoms. The van der Waals surface area contributed by atoms with Crippen LogP contribution in [0.4, 0.5) is 0 Å². The van der Waals surface area contributed by atoms with Crippen LogP contribution in [0.15, 0.2) is 58.9 Å². The van der Waals surface area contributed by atoms with Gasteiger partial charge < -0.3 is 24.1 Å². The fraction of sp³-hybridized carbons (Fsp3) is 0.389. The van der Waals surface area contributed by atoms with Gasteiger partial charge in [-0.15, -0.1) is 0 Å². The summed E-state index contributed by atoms with van der Waals surface area (Å²) in [5.74, 6) is 0.0134. The summed E-state index contributed by atoms with van der Waals surface area (Å²) in [7, 11) is 4.02. The minimum absolute atomic E-state index is 0.0432. The number of fused-ring (bicyclic) bond motifs is 2. The number of ketones is 1. The molecule has 0 radical (unpaired) electrons. The Bertz CT molecular complexity index is 1870. The third kappa shape index (κ3) is 4.33. The second-order valence-electron chi connectivity index (χ2n) is 12.9. The summed E-state index contributed by atoms with van der Waals surface area (Å²) >= 11 is 0. The predicted molar refractivity (Wildman–Crippen MR) is 170 cm³/mol. The number of carboxylic acids is 1. The first-order valence-electron chi connectivity index (χ1n) is 15.6. The van der Waals surface area contributed by atoms with Crippen molar-refractivity contribution in [1.29, 1.82) is 5.41 Å². The molecule has 0 aliphatic heterocycles. The maximum atomic E-state index is 14.1. The zero-order valence-electron chi connectivity index (χ0n) is 25.5. The molecule has 3 aromatic heterocycles. The highest BCUT2D eigenvalue weighted by Gasteiger charge is 2.49. The smallest absolute Gasteiger partial charge is 0.330 e. The maximum Gasteiger partial charge on any atom is 0.330 e. The van der Waals surface area contributed by atoms with E-state index in [2.05, 4.69) is 17.7 Å². The molecule has 8 nitrogen and oxygen atoms in total. The summed E-state index contributed by atoms with van der Waals surface area (Å²) in [6.07, 6.45) is 17.0. The molecular weight excluding hydrogens is 552 g/mol. The first-order chi connectivity index (χ1) is 21.2. The van der Waals surface area contributed by atoms with E-state index in [1.165, 1.54) is 23.8 Å². The molecule has 3 aliphatic carbocycles. The highest BCUT2D eigenvalue weighted by molar-refractivity contribution is 6.48. The van der Waals surface area contributed by atoms with Crippen LogP contribution in [0.25, 0.3) is 28.2 Å². The van der Waals surface area contributed by atoms with Crippen LogP contribution in [0, 0.1) is 11.3 Å². The molecule has 3 heterocycles. The fourth-order valence-electron chi connectivity index (χ4n) is 7.83. The van der Waals surface area contributed by atoms with E-state index in [1.54, 1.807) is 25.5 Å². The highest BCUT2D eigenvalue weighted by Crippen LogP contribution is 2.47. The molecule has 1 atom stereocenters. The standard InChI is InChI=1S/C36H38N4O4/c1-21(34(42)43)17-22-9-12-27-29(18-22)40(3)35(38-27)36(14-6-15-36)33(37)32(41)24-10-11-26-28(19-24)39(2)31(25-13-16-44-20-25)30(26)23-7-4-5-8-23/h9-13,16-17,19-20,22-23,37H,4-8,14-15,18H2,1-3H3,(H,42,43)/b21-17+,37-33?. The predicted octanol–water partition coefficient (Wildman–Crippen LogP) is 7.37. The minimum atomic E-state index is -0.920. The Balaban J connectivity index is 1.23. The van der Waals surface area contributed by atoms with Crippen LogP contribution in [0.5, 0.6) is 0 Å². The third-order valence-corrected chi connectivity index (χ3v) is 10.4. The number of hydrogen-bond donors (Lipinski definition) is 2. The van der Waals surface area contributed by atoms with Gasteiger partial charge in [0.25, 0.3) is 0 Å². The van der Waals surface area contributed by atoms with Crippen molar-refractivity contribution in [3.63, 3.8) is 0 Å². The number of allylic oxidation sites excluding steroid dienone is 2. The number of nitrogens with one attached hydrogen (secondary N) is 1. The Morgan fingerprint density at radius 3 is 2.55 bits per heavy atom. The minimum Gasteiger partial charge on any atom is -0.478 e. The zero-order valence-corrected chi connectivity index (χ0v) is 25.5. The number of carbonyl (C=O) groups excluding carboxylic acids is 1. The lowest BCUT2D eigenvalue weighted by molar-refractivity contribution is -0.132. The number of nitrogens with zero attached hydrogens (tertiary/aromatic N) is 3. The van der Waals surface area contributed by atoms with E-state index in [-0.39, 0.29) is 17.4 Å². The Kier molecular flexibility index (Phi) is 6.83. The molecule has 226 valence electrons. The monoisotopic (exact) mass is 590 g/mol. The van der Waals surface area contributed by atoms with Gasteiger partial charge in [-0.3, -0.25) is 4.79 Å². The van der Waals surface area contributed by atoms with E-state index in [1.807, 2.05) is 42.0 Å². The summed E-state index contributed by atoms with van der Waals surface area (Å²) < 4.78 is 9.69. The summed E-state index contributed by atoms with van der Waals surface area (Å²) in [5.41, 5.74) is 6.57. The average molecular weight is 591 g/mol. The van der Waals surface area contributed by atoms with Gasteiger partial charge in [0.1, 0.15) is 5.82 Å². The summed E-state index contributed by atoms with van der Waals surface area (Å²) in [6, 6.07) is 7.95. The molecule has 2 saturated carbocycles. The molecule has 0 spiro atoms. The number of rotatable bonds is 8. The molecule has 2 fully saturated rings. The lowest BCUT2D eigenvalue weighted by Gasteiger charge is -2.41. The summed E-state index contributed by atoms with van der Waals surface area (Å²) in [5, 5.41) is 19.8. The van der Waals surface area contributed by atoms with Crippen LogP contribution in [-0.2, 0) is 30.7 Å². The van der Waals surface area contributed by atoms with Crippen molar-refractivity contribution in [1.82, 2.24) is 14.1 Å². The van der Waals surface area contributed by atoms with Crippen LogP contribution in [0.1, 0.15) is 90.9 Å². The number of aromatic nitrogens is 3. The van der Waals surface area contributed by atoms with Gasteiger partial charge in [-0.2, -0.15) is 0 Å². The van der Waals surface area contributed by atoms with Gasteiger partial charge in [0.2, 0.25) is 5.78 Å². The Labute approximate surface area is 256 Å². The lowest BCUT2D eigenvalue weighted by Crippen LogP contribution is -2.47. The van der Waals surface area contributed by atoms with E-state index in [0.717, 1.165) is 53.2 Å². The average Bonchev–Trinajstić information content (AvgIpc) is 3.80. The van der Waals surface area contributed by atoms with E-state index < -0.39 is 11.4 Å². The molecule has 2 N–H and O–H groups in total. The number of aryl methyl sites for hydroxylation is 1. The van der Waals surface area contributed by atoms with Crippen LogP contribution >= 0.6 is 0 Å². The highest BCUT2D eigenvalue weighted by atomic mass is 16.4. The molecule has 0 amide bonds. The molecular formula is C36H38N4O4. The van der Waals surface area contributed by atoms with Crippen LogP contribution in [0.3, 0.4) is 0 Å². The van der Waals surface area contributed by atoms with Gasteiger partial charge >= 0.3 is 5.97 Å². The summed E-state index contributed by atoms with van der Waals surface area (Å²) in [6.45, 7) is 1.61. The molecule has 1 aromatic carbocycles. The SMILES string of the molecule is C/C(=C\C1C=Cc2nc(C3(C(=N)C(=O)c4ccc5c(C6CCCC6)c(-c6ccoc6)n(C)c5c4)CCC3)n(C)c2C1)C(=O)O. The molecule has 8 heteroatoms. The maximum absolute atomic E-state index is 14.1. The van der Waals surface area contributed by atoms with Crippen molar-refractivity contribution in [3.8, 4) is 11.3 Å². The van der Waals surface area contributed by atoms with E-state index in [4.69, 9.17) is 9.40 Å². The molecule has 0 saturated heterocycles. The van der Waals surface area contributed by atoms with Crippen molar-refractivity contribution in [2.45, 2.75) is 69.6 Å². The van der Waals surface area contributed by atoms with E-state index in [9.17, 15) is 20.1 Å². The molecule has 0 bridgehead atoms. The van der Waals surface area contributed by atoms with Gasteiger partial charge in [-0.25, -0.2) is 9.78 Å². The van der Waals surface area contributed by atoms with Crippen LogP contribution in [-0.4, -0.2) is 36.7 Å². The van der Waals surface area contributed by atoms with Crippen LogP contribution in [0.2, 0.25) is 0 Å². The van der Waals surface area contributed by atoms with Crippen molar-refractivity contribution in [2.75, 3.05) is 0 Å². The first kappa shape index (κ1) is 28.3. The van der Waals surface area contributed by atoms with Crippen molar-refractivity contribution < 1.29 is 19.1 Å². The second kappa shape index (κ2) is 10.6. The number of Topliss-reactive ketones (excluding diaryl/α,β-unsaturated/α-hetero) is 1. The Hall–Kier alpha value is -4.46. The molecule has 4 aromatic rings. The second-order valence-corrected chi connectivity index (χ2v) is 12.9. The topological polar surface area (TPSA) is 114 Å². The number of carboxylic acid groups (broad SMARTS) is 1. The largest absolute Gasteiger partial charge is 0.478 e. The number of imidazole rings is 1. The van der Waals surface area contributed by atoms with Gasteiger partial charge in [0.15, 0.2) is 0 Å². The van der Waals surface area contributed by atoms with Gasteiger partial charge in [0.05, 0.1) is 35.0 Å². The molecule has 1 unspecified atom stereocenters. The van der Waals surface area contributed by atoms with Gasteiger partial charge in [0, 0.05) is 53.3 Å². The van der Waals surface area contributed by atoms with Crippen molar-refractivity contribution >= 4 is 34.4 Å². The Morgan fingerprint density at radius 1 is 1.11 bits per heavy atom. The first-order valence-corrected chi connectivity index (χ1v) is 15.6. The molecule has 3 aliphatic rings. The number of aliphatic carboxylic acids is 1. The number of benzene rings is 1. The third-order valence-electron chi connectivity index (χ3n) is 10.4. The zero-order chi connectivity index (χ0) is 30.7. The normalized spacial score (nSPS) is 19.7. The van der Waals surface area contributed by atoms with E-state index in [0.29, 0.717) is 36.3 Å². The quantitative estimate of drug-likeness (QED) is 0.126. The molecule has 7 rings (SSSR count). The van der Waals surface area contributed by atoms with Crippen LogP contribution < -0.4 is 0 Å². The lowest BCUT2D eigenvalue weighted by atomic mass is 9.63. The number of carbonyl (C=O) groups is 2. The summed E-state index contributed by atoms with van der Waals surface area (Å²) in [4.78, 5) is 30.5. The van der Waals surface area contributed by atoms with E-state index >= 15 is 0 Å². The van der Waals surface area contributed by atoms with Gasteiger partial charge in [-0.1, -0.05) is 43.5 Å².